The molecule has 0 radical (unpaired) electrons. The molecule has 1 aliphatic carbocycles. The lowest BCUT2D eigenvalue weighted by Gasteiger charge is -2.31. The van der Waals surface area contributed by atoms with Gasteiger partial charge in [-0.1, -0.05) is 25.0 Å². The van der Waals surface area contributed by atoms with Gasteiger partial charge in [-0.3, -0.25) is 14.6 Å². The summed E-state index contributed by atoms with van der Waals surface area (Å²) in [7, 11) is 6.96. The SMILES string of the molecule is CN=C(NCc1cccc(C(=O)NC)c1)NCC1(C(=O)N(C)C)CCCC1.I. The Labute approximate surface area is 184 Å². The number of guanidine groups is 1. The average Bonchev–Trinajstić information content (AvgIpc) is 3.17. The van der Waals surface area contributed by atoms with Crippen molar-refractivity contribution in [2.75, 3.05) is 34.7 Å². The van der Waals surface area contributed by atoms with Crippen LogP contribution in [-0.2, 0) is 11.3 Å². The van der Waals surface area contributed by atoms with Gasteiger partial charge in [-0.2, -0.15) is 0 Å². The van der Waals surface area contributed by atoms with Gasteiger partial charge in [0, 0.05) is 46.8 Å². The predicted molar refractivity (Wildman–Crippen MR) is 123 cm³/mol. The molecule has 0 spiro atoms. The molecule has 0 aromatic heterocycles. The molecule has 156 valence electrons. The van der Waals surface area contributed by atoms with Crippen molar-refractivity contribution in [3.05, 3.63) is 35.4 Å². The molecule has 1 aliphatic rings. The molecule has 0 heterocycles. The number of carbonyl (C=O) groups excluding carboxylic acids is 2. The monoisotopic (exact) mass is 501 g/mol. The molecule has 8 heteroatoms. The largest absolute Gasteiger partial charge is 0.355 e. The fourth-order valence-corrected chi connectivity index (χ4v) is 3.62. The highest BCUT2D eigenvalue weighted by Gasteiger charge is 2.42. The van der Waals surface area contributed by atoms with Gasteiger partial charge in [0.1, 0.15) is 0 Å². The fraction of sp³-hybridized carbons (Fsp3) is 0.550. The van der Waals surface area contributed by atoms with Gasteiger partial charge in [0.05, 0.1) is 5.41 Å². The van der Waals surface area contributed by atoms with Crippen LogP contribution in [0.25, 0.3) is 0 Å². The number of amides is 2. The molecule has 1 aromatic carbocycles. The highest BCUT2D eigenvalue weighted by atomic mass is 127. The molecule has 1 saturated carbocycles. The van der Waals surface area contributed by atoms with Crippen LogP contribution >= 0.6 is 24.0 Å². The van der Waals surface area contributed by atoms with Crippen LogP contribution in [0.4, 0.5) is 0 Å². The number of nitrogens with one attached hydrogen (secondary N) is 3. The molecule has 2 rings (SSSR count). The lowest BCUT2D eigenvalue weighted by Crippen LogP contribution is -2.49. The second-order valence-electron chi connectivity index (χ2n) is 7.25. The topological polar surface area (TPSA) is 85.8 Å². The molecule has 0 saturated heterocycles. The smallest absolute Gasteiger partial charge is 0.251 e. The van der Waals surface area contributed by atoms with Crippen LogP contribution < -0.4 is 16.0 Å². The van der Waals surface area contributed by atoms with Crippen molar-refractivity contribution >= 4 is 41.8 Å². The van der Waals surface area contributed by atoms with E-state index in [0.717, 1.165) is 31.2 Å². The van der Waals surface area contributed by atoms with Gasteiger partial charge in [0.15, 0.2) is 5.96 Å². The summed E-state index contributed by atoms with van der Waals surface area (Å²) in [5, 5.41) is 9.21. The Morgan fingerprint density at radius 2 is 1.86 bits per heavy atom. The summed E-state index contributed by atoms with van der Waals surface area (Å²) in [5.74, 6) is 0.726. The maximum Gasteiger partial charge on any atom is 0.251 e. The first-order valence-corrected chi connectivity index (χ1v) is 9.39. The second-order valence-corrected chi connectivity index (χ2v) is 7.25. The summed E-state index contributed by atoms with van der Waals surface area (Å²) < 4.78 is 0. The van der Waals surface area contributed by atoms with E-state index in [4.69, 9.17) is 0 Å². The van der Waals surface area contributed by atoms with Crippen LogP contribution in [0.3, 0.4) is 0 Å². The van der Waals surface area contributed by atoms with Crippen molar-refractivity contribution in [3.8, 4) is 0 Å². The van der Waals surface area contributed by atoms with E-state index >= 15 is 0 Å². The molecule has 1 aromatic rings. The third kappa shape index (κ3) is 6.08. The zero-order valence-electron chi connectivity index (χ0n) is 17.2. The van der Waals surface area contributed by atoms with Gasteiger partial charge < -0.3 is 20.9 Å². The van der Waals surface area contributed by atoms with Crippen LogP contribution in [0.1, 0.15) is 41.6 Å². The Hall–Kier alpha value is -1.84. The van der Waals surface area contributed by atoms with E-state index in [1.54, 1.807) is 25.1 Å². The second kappa shape index (κ2) is 11.2. The fourth-order valence-electron chi connectivity index (χ4n) is 3.62. The van der Waals surface area contributed by atoms with E-state index in [9.17, 15) is 9.59 Å². The van der Waals surface area contributed by atoms with Gasteiger partial charge in [-0.25, -0.2) is 0 Å². The van der Waals surface area contributed by atoms with Crippen LogP contribution in [0.15, 0.2) is 29.3 Å². The van der Waals surface area contributed by atoms with Gasteiger partial charge in [-0.15, -0.1) is 24.0 Å². The quantitative estimate of drug-likeness (QED) is 0.316. The third-order valence-electron chi connectivity index (χ3n) is 5.11. The molecule has 28 heavy (non-hydrogen) atoms. The van der Waals surface area contributed by atoms with E-state index < -0.39 is 0 Å². The Kier molecular flexibility index (Phi) is 9.71. The van der Waals surface area contributed by atoms with Gasteiger partial charge in [0.25, 0.3) is 5.91 Å². The number of rotatable bonds is 6. The maximum absolute atomic E-state index is 12.7. The molecule has 2 amide bonds. The molecule has 3 N–H and O–H groups in total. The number of benzene rings is 1. The van der Waals surface area contributed by atoms with Crippen LogP contribution in [0.5, 0.6) is 0 Å². The Morgan fingerprint density at radius 3 is 2.43 bits per heavy atom. The minimum atomic E-state index is -0.347. The van der Waals surface area contributed by atoms with Crippen LogP contribution in [-0.4, -0.2) is 57.4 Å². The summed E-state index contributed by atoms with van der Waals surface area (Å²) in [6.45, 7) is 1.11. The molecule has 7 nitrogen and oxygen atoms in total. The van der Waals surface area contributed by atoms with Crippen LogP contribution in [0.2, 0.25) is 0 Å². The summed E-state index contributed by atoms with van der Waals surface area (Å²) >= 11 is 0. The Morgan fingerprint density at radius 1 is 1.18 bits per heavy atom. The van der Waals surface area contributed by atoms with Gasteiger partial charge >= 0.3 is 0 Å². The molecule has 0 unspecified atom stereocenters. The minimum Gasteiger partial charge on any atom is -0.355 e. The Balaban J connectivity index is 0.00000392. The number of nitrogens with zero attached hydrogens (tertiary/aromatic N) is 2. The summed E-state index contributed by atoms with van der Waals surface area (Å²) in [6.07, 6.45) is 3.98. The third-order valence-corrected chi connectivity index (χ3v) is 5.11. The number of aliphatic imine (C=N–C) groups is 1. The van der Waals surface area contributed by atoms with Crippen molar-refractivity contribution in [2.45, 2.75) is 32.2 Å². The number of carbonyl (C=O) groups is 2. The lowest BCUT2D eigenvalue weighted by atomic mass is 9.84. The van der Waals surface area contributed by atoms with E-state index in [2.05, 4.69) is 20.9 Å². The van der Waals surface area contributed by atoms with Gasteiger partial charge in [0.2, 0.25) is 5.91 Å². The van der Waals surface area contributed by atoms with E-state index in [1.807, 2.05) is 32.3 Å². The molecular weight excluding hydrogens is 469 g/mol. The molecular formula is C20H32IN5O2. The molecule has 0 atom stereocenters. The molecule has 1 fully saturated rings. The normalized spacial score (nSPS) is 15.4. The maximum atomic E-state index is 12.7. The molecule has 0 aliphatic heterocycles. The Bertz CT molecular complexity index is 700. The first-order valence-electron chi connectivity index (χ1n) is 9.39. The zero-order valence-corrected chi connectivity index (χ0v) is 19.5. The predicted octanol–water partition coefficient (Wildman–Crippen LogP) is 1.98. The summed E-state index contributed by atoms with van der Waals surface area (Å²) in [5.41, 5.74) is 1.26. The standard InChI is InChI=1S/C20H31N5O2.HI/c1-21-17(26)16-9-7-8-15(12-16)13-23-19(22-2)24-14-20(10-5-6-11-20)18(27)25(3)4;/h7-9,12H,5-6,10-11,13-14H2,1-4H3,(H,21,26)(H2,22,23,24);1H. The van der Waals surface area contributed by atoms with Crippen molar-refractivity contribution in [3.63, 3.8) is 0 Å². The van der Waals surface area contributed by atoms with Crippen molar-refractivity contribution in [1.82, 2.24) is 20.9 Å². The van der Waals surface area contributed by atoms with E-state index in [0.29, 0.717) is 24.6 Å². The number of hydrogen-bond acceptors (Lipinski definition) is 3. The van der Waals surface area contributed by atoms with E-state index in [1.165, 1.54) is 0 Å². The highest BCUT2D eigenvalue weighted by Crippen LogP contribution is 2.38. The summed E-state index contributed by atoms with van der Waals surface area (Å²) in [4.78, 5) is 30.4. The minimum absolute atomic E-state index is 0. The lowest BCUT2D eigenvalue weighted by molar-refractivity contribution is -0.138. The van der Waals surface area contributed by atoms with E-state index in [-0.39, 0.29) is 41.2 Å². The highest BCUT2D eigenvalue weighted by molar-refractivity contribution is 14.0. The van der Waals surface area contributed by atoms with Gasteiger partial charge in [-0.05, 0) is 30.5 Å². The number of halogens is 1. The molecule has 0 bridgehead atoms. The first kappa shape index (κ1) is 24.2. The van der Waals surface area contributed by atoms with Crippen molar-refractivity contribution in [2.24, 2.45) is 10.4 Å². The zero-order chi connectivity index (χ0) is 19.9. The first-order chi connectivity index (χ1) is 12.9. The van der Waals surface area contributed by atoms with Crippen LogP contribution in [0, 0.1) is 5.41 Å². The number of hydrogen-bond donors (Lipinski definition) is 3. The van der Waals surface area contributed by atoms with Crippen molar-refractivity contribution in [1.29, 1.82) is 0 Å². The van der Waals surface area contributed by atoms with Crippen molar-refractivity contribution < 1.29 is 9.59 Å². The summed E-state index contributed by atoms with van der Waals surface area (Å²) in [6, 6.07) is 7.46. The average molecular weight is 501 g/mol.